The number of methoxy groups -OCH3 is 1. The largest absolute Gasteiger partial charge is 0.468 e. The second-order valence-corrected chi connectivity index (χ2v) is 13.3. The predicted molar refractivity (Wildman–Crippen MR) is 169 cm³/mol. The first-order chi connectivity index (χ1) is 22.4. The van der Waals surface area contributed by atoms with Gasteiger partial charge >= 0.3 is 12.1 Å². The zero-order valence-corrected chi connectivity index (χ0v) is 26.7. The summed E-state index contributed by atoms with van der Waals surface area (Å²) in [7, 11) is 1.33. The van der Waals surface area contributed by atoms with Crippen molar-refractivity contribution in [1.82, 2.24) is 10.2 Å². The molecule has 0 bridgehead atoms. The molecular formula is C37H39F3N2O5. The molecule has 2 fully saturated rings. The van der Waals surface area contributed by atoms with Gasteiger partial charge in [0, 0.05) is 24.6 Å². The number of nitrogens with one attached hydrogen (secondary N) is 1. The molecule has 2 heterocycles. The summed E-state index contributed by atoms with van der Waals surface area (Å²) >= 11 is 0. The number of alkyl halides is 3. The van der Waals surface area contributed by atoms with E-state index in [1.165, 1.54) is 19.2 Å². The predicted octanol–water partition coefficient (Wildman–Crippen LogP) is 6.79. The number of benzene rings is 3. The second kappa shape index (κ2) is 12.8. The van der Waals surface area contributed by atoms with Gasteiger partial charge < -0.3 is 19.7 Å². The number of piperidine rings is 1. The Hall–Kier alpha value is -4.18. The molecule has 7 nitrogen and oxygen atoms in total. The van der Waals surface area contributed by atoms with Crippen LogP contribution in [0.5, 0.6) is 0 Å². The molecule has 1 saturated heterocycles. The molecule has 0 radical (unpaired) electrons. The van der Waals surface area contributed by atoms with E-state index >= 15 is 0 Å². The van der Waals surface area contributed by atoms with Crippen LogP contribution in [0, 0.1) is 23.2 Å². The Balaban J connectivity index is 1.36. The van der Waals surface area contributed by atoms with Gasteiger partial charge in [-0.2, -0.15) is 13.2 Å². The molecule has 2 aliphatic heterocycles. The van der Waals surface area contributed by atoms with Crippen molar-refractivity contribution >= 4 is 28.6 Å². The minimum Gasteiger partial charge on any atom is -0.468 e. The van der Waals surface area contributed by atoms with Gasteiger partial charge in [0.1, 0.15) is 5.41 Å². The maximum atomic E-state index is 14.5. The van der Waals surface area contributed by atoms with Gasteiger partial charge in [-0.25, -0.2) is 0 Å². The number of carbonyl (C=O) groups excluding carboxylic acids is 3. The lowest BCUT2D eigenvalue weighted by Crippen LogP contribution is -2.61. The van der Waals surface area contributed by atoms with Crippen LogP contribution in [-0.2, 0) is 43.1 Å². The van der Waals surface area contributed by atoms with Crippen molar-refractivity contribution in [2.75, 3.05) is 7.11 Å². The minimum atomic E-state index is -4.51. The number of rotatable bonds is 9. The second-order valence-electron chi connectivity index (χ2n) is 13.3. The van der Waals surface area contributed by atoms with Crippen LogP contribution in [0.2, 0.25) is 0 Å². The van der Waals surface area contributed by atoms with Crippen molar-refractivity contribution in [3.8, 4) is 0 Å². The minimum absolute atomic E-state index is 0.0271. The molecule has 1 saturated carbocycles. The van der Waals surface area contributed by atoms with Crippen LogP contribution < -0.4 is 5.32 Å². The van der Waals surface area contributed by atoms with Crippen molar-refractivity contribution < 1.29 is 37.0 Å². The highest BCUT2D eigenvalue weighted by Gasteiger charge is 2.63. The Bertz CT molecular complexity index is 1710. The molecule has 2 amide bonds. The van der Waals surface area contributed by atoms with Crippen LogP contribution in [0.4, 0.5) is 13.2 Å². The van der Waals surface area contributed by atoms with E-state index in [1.54, 1.807) is 4.90 Å². The molecule has 4 atom stereocenters. The third-order valence-electron chi connectivity index (χ3n) is 9.68. The first kappa shape index (κ1) is 32.7. The number of likely N-dealkylation sites (tertiary alicyclic amines) is 1. The Morgan fingerprint density at radius 1 is 1.06 bits per heavy atom. The number of hydrogen-bond acceptors (Lipinski definition) is 5. The Kier molecular flexibility index (Phi) is 8.91. The number of amides is 2. The Morgan fingerprint density at radius 3 is 2.49 bits per heavy atom. The summed E-state index contributed by atoms with van der Waals surface area (Å²) < 4.78 is 51.9. The lowest BCUT2D eigenvalue weighted by molar-refractivity contribution is -0.182. The molecule has 3 aromatic carbocycles. The lowest BCUT2D eigenvalue weighted by Gasteiger charge is -2.53. The summed E-state index contributed by atoms with van der Waals surface area (Å²) in [5, 5.41) is 4.67. The fourth-order valence-electron chi connectivity index (χ4n) is 7.17. The topological polar surface area (TPSA) is 84.9 Å². The van der Waals surface area contributed by atoms with Crippen LogP contribution in [0.3, 0.4) is 0 Å². The summed E-state index contributed by atoms with van der Waals surface area (Å²) in [6.07, 6.45) is -1.95. The van der Waals surface area contributed by atoms with E-state index in [0.29, 0.717) is 5.70 Å². The van der Waals surface area contributed by atoms with Gasteiger partial charge in [-0.3, -0.25) is 14.4 Å². The summed E-state index contributed by atoms with van der Waals surface area (Å²) in [5.74, 6) is -2.03. The van der Waals surface area contributed by atoms with Gasteiger partial charge in [0.2, 0.25) is 11.8 Å². The quantitative estimate of drug-likeness (QED) is 0.259. The van der Waals surface area contributed by atoms with Crippen LogP contribution in [0.25, 0.3) is 10.8 Å². The summed E-state index contributed by atoms with van der Waals surface area (Å²) in [5.41, 5.74) is -0.387. The molecule has 0 spiro atoms. The van der Waals surface area contributed by atoms with E-state index in [-0.39, 0.29) is 55.3 Å². The number of fused-ring (bicyclic) bond motifs is 2. The van der Waals surface area contributed by atoms with Crippen LogP contribution >= 0.6 is 0 Å². The van der Waals surface area contributed by atoms with Crippen molar-refractivity contribution in [2.45, 2.75) is 71.0 Å². The average Bonchev–Trinajstić information content (AvgIpc) is 3.90. The zero-order valence-electron chi connectivity index (χ0n) is 26.7. The number of hydrogen-bond donors (Lipinski definition) is 1. The zero-order chi connectivity index (χ0) is 33.5. The average molecular weight is 649 g/mol. The molecule has 10 heteroatoms. The lowest BCUT2D eigenvalue weighted by atomic mass is 9.64. The van der Waals surface area contributed by atoms with Crippen LogP contribution in [0.15, 0.2) is 78.5 Å². The standard InChI is InChI=1S/C37H39F3N2O5/c1-22(2)30-18-31-36(35(45)46-3,33(47-30)25-14-15-25)19-27(17-32(43)41-20-23-8-6-12-28(16-23)37(38,39)40)34(44)42(31)21-26-11-7-10-24-9-4-5-13-29(24)26/h4-13,16,18,22,25,27,30,33H,14-15,17,19-21H2,1-3H3,(H,41,43)/t27-,30+,33+,36+/m0/s1. The summed E-state index contributed by atoms with van der Waals surface area (Å²) in [4.78, 5) is 43.5. The molecule has 47 heavy (non-hydrogen) atoms. The Morgan fingerprint density at radius 2 is 1.79 bits per heavy atom. The maximum absolute atomic E-state index is 14.5. The van der Waals surface area contributed by atoms with E-state index in [9.17, 15) is 27.6 Å². The van der Waals surface area contributed by atoms with Gasteiger partial charge in [-0.15, -0.1) is 0 Å². The van der Waals surface area contributed by atoms with Gasteiger partial charge in [0.05, 0.1) is 31.4 Å². The third kappa shape index (κ3) is 6.40. The third-order valence-corrected chi connectivity index (χ3v) is 9.68. The molecule has 1 N–H and O–H groups in total. The van der Waals surface area contributed by atoms with E-state index in [2.05, 4.69) is 5.32 Å². The van der Waals surface area contributed by atoms with Crippen LogP contribution in [-0.4, -0.2) is 42.0 Å². The highest BCUT2D eigenvalue weighted by Crippen LogP contribution is 2.57. The number of ether oxygens (including phenoxy) is 2. The molecular weight excluding hydrogens is 609 g/mol. The maximum Gasteiger partial charge on any atom is 0.416 e. The van der Waals surface area contributed by atoms with E-state index in [1.807, 2.05) is 62.4 Å². The number of nitrogens with zero attached hydrogens (tertiary/aromatic N) is 1. The first-order valence-corrected chi connectivity index (χ1v) is 16.1. The normalized spacial score (nSPS) is 24.6. The monoisotopic (exact) mass is 648 g/mol. The van der Waals surface area contributed by atoms with E-state index in [0.717, 1.165) is 41.3 Å². The van der Waals surface area contributed by atoms with Gasteiger partial charge in [-0.1, -0.05) is 68.4 Å². The highest BCUT2D eigenvalue weighted by atomic mass is 19.4. The molecule has 3 aliphatic rings. The van der Waals surface area contributed by atoms with Gasteiger partial charge in [0.25, 0.3) is 0 Å². The summed E-state index contributed by atoms with van der Waals surface area (Å²) in [6, 6.07) is 18.5. The highest BCUT2D eigenvalue weighted by molar-refractivity contribution is 5.93. The SMILES string of the molecule is COC(=O)[C@]12C[C@H](CC(=O)NCc3cccc(C(F)(F)F)c3)C(=O)N(Cc3cccc4ccccc34)C1=C[C@H](C(C)C)O[C@@H]2C1CC1. The van der Waals surface area contributed by atoms with E-state index in [4.69, 9.17) is 9.47 Å². The van der Waals surface area contributed by atoms with Crippen molar-refractivity contribution in [1.29, 1.82) is 0 Å². The van der Waals surface area contributed by atoms with Gasteiger partial charge in [-0.05, 0) is 71.2 Å². The fraction of sp³-hybridized carbons (Fsp3) is 0.432. The number of esters is 1. The molecule has 6 rings (SSSR count). The van der Waals surface area contributed by atoms with Crippen molar-refractivity contribution in [2.24, 2.45) is 23.2 Å². The summed E-state index contributed by atoms with van der Waals surface area (Å²) in [6.45, 7) is 4.11. The van der Waals surface area contributed by atoms with Crippen molar-refractivity contribution in [3.05, 3.63) is 95.2 Å². The molecule has 248 valence electrons. The smallest absolute Gasteiger partial charge is 0.416 e. The molecule has 0 aromatic heterocycles. The van der Waals surface area contributed by atoms with E-state index < -0.39 is 41.1 Å². The van der Waals surface area contributed by atoms with Crippen molar-refractivity contribution in [3.63, 3.8) is 0 Å². The number of carbonyl (C=O) groups is 3. The molecule has 1 aliphatic carbocycles. The first-order valence-electron chi connectivity index (χ1n) is 16.1. The number of halogens is 3. The van der Waals surface area contributed by atoms with Gasteiger partial charge in [0.15, 0.2) is 0 Å². The molecule has 3 aromatic rings. The van der Waals surface area contributed by atoms with Crippen LogP contribution in [0.1, 0.15) is 56.2 Å². The Labute approximate surface area is 272 Å². The fourth-order valence-corrected chi connectivity index (χ4v) is 7.17. The molecule has 0 unspecified atom stereocenters.